The molecule has 1 saturated heterocycles. The number of aryl methyl sites for hydroxylation is 1. The van der Waals surface area contributed by atoms with Crippen LogP contribution in [0.1, 0.15) is 17.9 Å². The van der Waals surface area contributed by atoms with Crippen molar-refractivity contribution in [2.45, 2.75) is 13.3 Å². The van der Waals surface area contributed by atoms with Crippen LogP contribution in [0.4, 0.5) is 0 Å². The SMILES string of the molecule is Cc1ccc(/C=C/C(=O)NC[C@H]2CCN(S(C)(=O)=O)C2)o1. The lowest BCUT2D eigenvalue weighted by Crippen LogP contribution is -2.31. The Morgan fingerprint density at radius 3 is 2.86 bits per heavy atom. The third-order valence-corrected chi connectivity index (χ3v) is 4.71. The van der Waals surface area contributed by atoms with Gasteiger partial charge in [-0.15, -0.1) is 0 Å². The normalized spacial score (nSPS) is 20.2. The smallest absolute Gasteiger partial charge is 0.244 e. The van der Waals surface area contributed by atoms with Gasteiger partial charge in [-0.3, -0.25) is 4.79 Å². The van der Waals surface area contributed by atoms with Crippen LogP contribution in [0.15, 0.2) is 22.6 Å². The lowest BCUT2D eigenvalue weighted by molar-refractivity contribution is -0.116. The highest BCUT2D eigenvalue weighted by Crippen LogP contribution is 2.17. The molecule has 0 aromatic carbocycles. The third kappa shape index (κ3) is 4.71. The second-order valence-electron chi connectivity index (χ2n) is 5.30. The van der Waals surface area contributed by atoms with Crippen LogP contribution in [0.5, 0.6) is 0 Å². The number of carbonyl (C=O) groups excluding carboxylic acids is 1. The van der Waals surface area contributed by atoms with Crippen LogP contribution in [0.2, 0.25) is 0 Å². The summed E-state index contributed by atoms with van der Waals surface area (Å²) < 4.78 is 29.6. The van der Waals surface area contributed by atoms with Crippen LogP contribution < -0.4 is 5.32 Å². The number of amides is 1. The van der Waals surface area contributed by atoms with Gasteiger partial charge >= 0.3 is 0 Å². The van der Waals surface area contributed by atoms with E-state index < -0.39 is 10.0 Å². The summed E-state index contributed by atoms with van der Waals surface area (Å²) in [6.45, 7) is 3.32. The fourth-order valence-electron chi connectivity index (χ4n) is 2.27. The zero-order chi connectivity index (χ0) is 15.5. The van der Waals surface area contributed by atoms with Gasteiger partial charge in [0.05, 0.1) is 6.26 Å². The van der Waals surface area contributed by atoms with E-state index in [4.69, 9.17) is 4.42 Å². The van der Waals surface area contributed by atoms with Crippen molar-refractivity contribution < 1.29 is 17.6 Å². The van der Waals surface area contributed by atoms with E-state index in [0.717, 1.165) is 12.2 Å². The van der Waals surface area contributed by atoms with Crippen LogP contribution in [-0.2, 0) is 14.8 Å². The summed E-state index contributed by atoms with van der Waals surface area (Å²) in [7, 11) is -3.12. The number of nitrogens with one attached hydrogen (secondary N) is 1. The van der Waals surface area contributed by atoms with E-state index in [0.29, 0.717) is 25.4 Å². The van der Waals surface area contributed by atoms with E-state index in [-0.39, 0.29) is 11.8 Å². The van der Waals surface area contributed by atoms with Crippen molar-refractivity contribution in [1.82, 2.24) is 9.62 Å². The van der Waals surface area contributed by atoms with Crippen LogP contribution in [0.3, 0.4) is 0 Å². The van der Waals surface area contributed by atoms with E-state index >= 15 is 0 Å². The fraction of sp³-hybridized carbons (Fsp3) is 0.500. The molecule has 2 heterocycles. The molecule has 0 bridgehead atoms. The average molecular weight is 312 g/mol. The number of nitrogens with zero attached hydrogens (tertiary/aromatic N) is 1. The predicted octanol–water partition coefficient (Wildman–Crippen LogP) is 0.999. The number of hydrogen-bond acceptors (Lipinski definition) is 4. The Morgan fingerprint density at radius 1 is 1.52 bits per heavy atom. The van der Waals surface area contributed by atoms with Gasteiger partial charge < -0.3 is 9.73 Å². The first-order chi connectivity index (χ1) is 9.84. The number of carbonyl (C=O) groups is 1. The summed E-state index contributed by atoms with van der Waals surface area (Å²) in [5.41, 5.74) is 0. The van der Waals surface area contributed by atoms with Gasteiger partial charge in [0.1, 0.15) is 11.5 Å². The highest BCUT2D eigenvalue weighted by molar-refractivity contribution is 7.88. The Labute approximate surface area is 124 Å². The Hall–Kier alpha value is -1.60. The molecule has 21 heavy (non-hydrogen) atoms. The summed E-state index contributed by atoms with van der Waals surface area (Å²) in [4.78, 5) is 11.7. The Morgan fingerprint density at radius 2 is 2.29 bits per heavy atom. The van der Waals surface area contributed by atoms with E-state index in [2.05, 4.69) is 5.32 Å². The molecule has 116 valence electrons. The van der Waals surface area contributed by atoms with Crippen molar-refractivity contribution in [3.63, 3.8) is 0 Å². The van der Waals surface area contributed by atoms with Gasteiger partial charge in [-0.25, -0.2) is 12.7 Å². The first-order valence-electron chi connectivity index (χ1n) is 6.82. The van der Waals surface area contributed by atoms with E-state index in [1.807, 2.05) is 13.0 Å². The van der Waals surface area contributed by atoms with Gasteiger partial charge in [0, 0.05) is 25.7 Å². The van der Waals surface area contributed by atoms with Gasteiger partial charge in [0.25, 0.3) is 0 Å². The summed E-state index contributed by atoms with van der Waals surface area (Å²) in [6, 6.07) is 3.62. The van der Waals surface area contributed by atoms with Gasteiger partial charge in [0.15, 0.2) is 0 Å². The molecule has 1 amide bonds. The molecule has 1 aliphatic heterocycles. The summed E-state index contributed by atoms with van der Waals surface area (Å²) in [5.74, 6) is 1.39. The minimum atomic E-state index is -3.12. The van der Waals surface area contributed by atoms with Crippen LogP contribution in [0.25, 0.3) is 6.08 Å². The second-order valence-corrected chi connectivity index (χ2v) is 7.29. The maximum absolute atomic E-state index is 11.7. The lowest BCUT2D eigenvalue weighted by Gasteiger charge is -2.13. The topological polar surface area (TPSA) is 79.6 Å². The third-order valence-electron chi connectivity index (χ3n) is 3.44. The van der Waals surface area contributed by atoms with Crippen LogP contribution in [-0.4, -0.2) is 44.5 Å². The number of furan rings is 1. The molecule has 1 N–H and O–H groups in total. The first kappa shape index (κ1) is 15.8. The average Bonchev–Trinajstić information content (AvgIpc) is 3.02. The monoisotopic (exact) mass is 312 g/mol. The zero-order valence-corrected chi connectivity index (χ0v) is 13.0. The van der Waals surface area contributed by atoms with Crippen molar-refractivity contribution in [1.29, 1.82) is 0 Å². The van der Waals surface area contributed by atoms with Gasteiger partial charge in [-0.1, -0.05) is 0 Å². The second kappa shape index (κ2) is 6.44. The highest BCUT2D eigenvalue weighted by Gasteiger charge is 2.28. The fourth-order valence-corrected chi connectivity index (χ4v) is 3.19. The highest BCUT2D eigenvalue weighted by atomic mass is 32.2. The molecule has 1 aromatic heterocycles. The molecule has 0 aliphatic carbocycles. The molecule has 0 saturated carbocycles. The van der Waals surface area contributed by atoms with E-state index in [1.165, 1.54) is 16.6 Å². The molecule has 0 radical (unpaired) electrons. The molecule has 1 aliphatic rings. The maximum Gasteiger partial charge on any atom is 0.244 e. The van der Waals surface area contributed by atoms with Crippen molar-refractivity contribution in [3.05, 3.63) is 29.7 Å². The molecule has 7 heteroatoms. The Balaban J connectivity index is 1.76. The van der Waals surface area contributed by atoms with E-state index in [9.17, 15) is 13.2 Å². The van der Waals surface area contributed by atoms with E-state index in [1.54, 1.807) is 12.1 Å². The minimum Gasteiger partial charge on any atom is -0.462 e. The Kier molecular flexibility index (Phi) is 4.84. The van der Waals surface area contributed by atoms with Crippen molar-refractivity contribution in [2.24, 2.45) is 5.92 Å². The van der Waals surface area contributed by atoms with Crippen molar-refractivity contribution in [2.75, 3.05) is 25.9 Å². The molecule has 2 rings (SSSR count). The van der Waals surface area contributed by atoms with Gasteiger partial charge in [-0.2, -0.15) is 0 Å². The molecule has 0 spiro atoms. The molecule has 0 unspecified atom stereocenters. The summed E-state index contributed by atoms with van der Waals surface area (Å²) in [5, 5.41) is 2.78. The van der Waals surface area contributed by atoms with Crippen molar-refractivity contribution in [3.8, 4) is 0 Å². The lowest BCUT2D eigenvalue weighted by atomic mass is 10.1. The molecule has 1 fully saturated rings. The first-order valence-corrected chi connectivity index (χ1v) is 8.67. The zero-order valence-electron chi connectivity index (χ0n) is 12.2. The molecule has 1 aromatic rings. The molecule has 1 atom stereocenters. The Bertz CT molecular complexity index is 633. The molecular formula is C14H20N2O4S. The van der Waals surface area contributed by atoms with Gasteiger partial charge in [0.2, 0.25) is 15.9 Å². The molecular weight excluding hydrogens is 292 g/mol. The summed E-state index contributed by atoms with van der Waals surface area (Å²) in [6.07, 6.45) is 5.01. The van der Waals surface area contributed by atoms with Gasteiger partial charge in [-0.05, 0) is 37.5 Å². The quantitative estimate of drug-likeness (QED) is 0.823. The number of rotatable bonds is 5. The van der Waals surface area contributed by atoms with Crippen molar-refractivity contribution >= 4 is 22.0 Å². The number of hydrogen-bond donors (Lipinski definition) is 1. The van der Waals surface area contributed by atoms with Crippen LogP contribution >= 0.6 is 0 Å². The minimum absolute atomic E-state index is 0.169. The summed E-state index contributed by atoms with van der Waals surface area (Å²) >= 11 is 0. The largest absolute Gasteiger partial charge is 0.462 e. The number of sulfonamides is 1. The molecule has 6 nitrogen and oxygen atoms in total. The standard InChI is InChI=1S/C14H20N2O4S/c1-11-3-4-13(20-11)5-6-14(17)15-9-12-7-8-16(10-12)21(2,18)19/h3-6,12H,7-10H2,1-2H3,(H,15,17)/b6-5+/t12-/m1/s1. The van der Waals surface area contributed by atoms with Crippen LogP contribution in [0, 0.1) is 12.8 Å². The maximum atomic E-state index is 11.7. The predicted molar refractivity (Wildman–Crippen MR) is 80.0 cm³/mol.